The molecule has 9 heteroatoms. The maximum absolute atomic E-state index is 13.4. The van der Waals surface area contributed by atoms with Crippen LogP contribution in [0.5, 0.6) is 17.2 Å². The fourth-order valence-corrected chi connectivity index (χ4v) is 5.15. The van der Waals surface area contributed by atoms with Gasteiger partial charge in [-0.05, 0) is 61.7 Å². The van der Waals surface area contributed by atoms with Crippen LogP contribution in [0.4, 0.5) is 0 Å². The average molecular weight is 518 g/mol. The molecule has 0 aliphatic carbocycles. The SMILES string of the molecule is CCOc1ccc(C2/C(=C(\O)c3ccc4c(c3)CC(C)O4)C(=O)C(=O)N2CCCn2ccnc2)cc1OC. The fraction of sp³-hybridized carbons (Fsp3) is 0.345. The Kier molecular flexibility index (Phi) is 7.09. The van der Waals surface area contributed by atoms with Crippen molar-refractivity contribution in [3.63, 3.8) is 0 Å². The molecular formula is C29H31N3O6. The zero-order valence-electron chi connectivity index (χ0n) is 21.7. The van der Waals surface area contributed by atoms with Gasteiger partial charge in [0.15, 0.2) is 11.5 Å². The summed E-state index contributed by atoms with van der Waals surface area (Å²) in [6.07, 6.45) is 6.60. The van der Waals surface area contributed by atoms with E-state index in [1.54, 1.807) is 42.9 Å². The number of ketones is 1. The van der Waals surface area contributed by atoms with Crippen molar-refractivity contribution in [2.75, 3.05) is 20.3 Å². The molecule has 1 fully saturated rings. The number of Topliss-reactive ketones (excluding diaryl/α,β-unsaturated/α-hetero) is 1. The molecule has 5 rings (SSSR count). The van der Waals surface area contributed by atoms with Crippen LogP contribution in [0.2, 0.25) is 0 Å². The molecule has 1 saturated heterocycles. The van der Waals surface area contributed by atoms with Gasteiger partial charge >= 0.3 is 0 Å². The van der Waals surface area contributed by atoms with E-state index >= 15 is 0 Å². The van der Waals surface area contributed by atoms with Gasteiger partial charge in [-0.2, -0.15) is 0 Å². The number of aryl methyl sites for hydroxylation is 1. The molecule has 38 heavy (non-hydrogen) atoms. The number of carbonyl (C=O) groups excluding carboxylic acids is 2. The van der Waals surface area contributed by atoms with Crippen LogP contribution in [-0.4, -0.2) is 57.6 Å². The second kappa shape index (κ2) is 10.6. The molecule has 2 aliphatic rings. The predicted octanol–water partition coefficient (Wildman–Crippen LogP) is 4.13. The van der Waals surface area contributed by atoms with Crippen molar-refractivity contribution in [3.8, 4) is 17.2 Å². The number of aliphatic hydroxyl groups is 1. The summed E-state index contributed by atoms with van der Waals surface area (Å²) in [4.78, 5) is 32.3. The van der Waals surface area contributed by atoms with Crippen LogP contribution in [0.1, 0.15) is 43.0 Å². The second-order valence-corrected chi connectivity index (χ2v) is 9.44. The highest BCUT2D eigenvalue weighted by molar-refractivity contribution is 6.46. The summed E-state index contributed by atoms with van der Waals surface area (Å²) >= 11 is 0. The highest BCUT2D eigenvalue weighted by atomic mass is 16.5. The summed E-state index contributed by atoms with van der Waals surface area (Å²) in [5.74, 6) is 0.240. The number of hydrogen-bond donors (Lipinski definition) is 1. The number of aromatic nitrogens is 2. The second-order valence-electron chi connectivity index (χ2n) is 9.44. The van der Waals surface area contributed by atoms with E-state index in [2.05, 4.69) is 4.98 Å². The first kappa shape index (κ1) is 25.4. The Morgan fingerprint density at radius 2 is 2.00 bits per heavy atom. The molecule has 1 amide bonds. The van der Waals surface area contributed by atoms with Gasteiger partial charge in [0.05, 0.1) is 31.7 Å². The summed E-state index contributed by atoms with van der Waals surface area (Å²) in [6.45, 7) is 5.27. The Hall–Kier alpha value is -4.27. The highest BCUT2D eigenvalue weighted by Crippen LogP contribution is 2.42. The number of fused-ring (bicyclic) bond motifs is 1. The van der Waals surface area contributed by atoms with E-state index in [0.717, 1.165) is 11.3 Å². The third kappa shape index (κ3) is 4.71. The number of amides is 1. The van der Waals surface area contributed by atoms with Crippen LogP contribution < -0.4 is 14.2 Å². The van der Waals surface area contributed by atoms with E-state index in [-0.39, 0.29) is 17.4 Å². The molecular weight excluding hydrogens is 486 g/mol. The molecule has 0 saturated carbocycles. The molecule has 0 bridgehead atoms. The lowest BCUT2D eigenvalue weighted by molar-refractivity contribution is -0.139. The minimum atomic E-state index is -0.786. The lowest BCUT2D eigenvalue weighted by Crippen LogP contribution is -2.31. The van der Waals surface area contributed by atoms with Gasteiger partial charge < -0.3 is 28.8 Å². The van der Waals surface area contributed by atoms with Gasteiger partial charge in [-0.1, -0.05) is 6.07 Å². The number of aliphatic hydroxyl groups excluding tert-OH is 1. The van der Waals surface area contributed by atoms with Crippen LogP contribution in [0.15, 0.2) is 60.7 Å². The van der Waals surface area contributed by atoms with Gasteiger partial charge in [0, 0.05) is 37.5 Å². The van der Waals surface area contributed by atoms with Gasteiger partial charge in [0.25, 0.3) is 11.7 Å². The molecule has 2 aliphatic heterocycles. The lowest BCUT2D eigenvalue weighted by Gasteiger charge is -2.26. The zero-order chi connectivity index (χ0) is 26.8. The van der Waals surface area contributed by atoms with Crippen LogP contribution >= 0.6 is 0 Å². The summed E-state index contributed by atoms with van der Waals surface area (Å²) in [6, 6.07) is 9.88. The number of imidazole rings is 1. The molecule has 1 aromatic heterocycles. The maximum Gasteiger partial charge on any atom is 0.295 e. The van der Waals surface area contributed by atoms with Crippen molar-refractivity contribution >= 4 is 17.4 Å². The first-order valence-electron chi connectivity index (χ1n) is 12.8. The van der Waals surface area contributed by atoms with E-state index < -0.39 is 17.7 Å². The molecule has 2 atom stereocenters. The molecule has 0 spiro atoms. The molecule has 3 aromatic rings. The Labute approximate surface area is 221 Å². The Bertz CT molecular complexity index is 1380. The molecule has 9 nitrogen and oxygen atoms in total. The van der Waals surface area contributed by atoms with E-state index in [4.69, 9.17) is 14.2 Å². The first-order valence-corrected chi connectivity index (χ1v) is 12.8. The highest BCUT2D eigenvalue weighted by Gasteiger charge is 2.46. The molecule has 0 radical (unpaired) electrons. The maximum atomic E-state index is 13.4. The van der Waals surface area contributed by atoms with Crippen molar-refractivity contribution in [3.05, 3.63) is 77.4 Å². The van der Waals surface area contributed by atoms with E-state index in [9.17, 15) is 14.7 Å². The molecule has 2 aromatic carbocycles. The largest absolute Gasteiger partial charge is 0.507 e. The standard InChI is InChI=1S/C29H31N3O6/c1-4-37-23-9-6-19(16-24(23)36-3)26-25(27(33)20-7-8-22-21(15-20)14-18(2)38-22)28(34)29(35)32(26)12-5-11-31-13-10-30-17-31/h6-10,13,15-18,26,33H,4-5,11-12,14H2,1-3H3/b27-25+. The molecule has 1 N–H and O–H groups in total. The number of rotatable bonds is 9. The number of nitrogens with zero attached hydrogens (tertiary/aromatic N) is 3. The minimum Gasteiger partial charge on any atom is -0.507 e. The van der Waals surface area contributed by atoms with E-state index in [1.165, 1.54) is 12.0 Å². The van der Waals surface area contributed by atoms with Crippen molar-refractivity contribution in [1.82, 2.24) is 14.5 Å². The van der Waals surface area contributed by atoms with Gasteiger partial charge in [-0.15, -0.1) is 0 Å². The van der Waals surface area contributed by atoms with Crippen molar-refractivity contribution in [2.45, 2.75) is 45.4 Å². The Morgan fingerprint density at radius 1 is 1.16 bits per heavy atom. The number of ether oxygens (including phenoxy) is 3. The third-order valence-corrected chi connectivity index (χ3v) is 6.89. The lowest BCUT2D eigenvalue weighted by atomic mass is 9.94. The zero-order valence-corrected chi connectivity index (χ0v) is 21.7. The van der Waals surface area contributed by atoms with Crippen LogP contribution in [0.3, 0.4) is 0 Å². The van der Waals surface area contributed by atoms with Gasteiger partial charge in [-0.3, -0.25) is 9.59 Å². The van der Waals surface area contributed by atoms with Crippen molar-refractivity contribution in [1.29, 1.82) is 0 Å². The van der Waals surface area contributed by atoms with Crippen LogP contribution in [0, 0.1) is 0 Å². The summed E-state index contributed by atoms with van der Waals surface area (Å²) < 4.78 is 18.9. The first-order chi connectivity index (χ1) is 18.4. The monoisotopic (exact) mass is 517 g/mol. The quantitative estimate of drug-likeness (QED) is 0.259. The van der Waals surface area contributed by atoms with Gasteiger partial charge in [0.2, 0.25) is 0 Å². The Balaban J connectivity index is 1.56. The summed E-state index contributed by atoms with van der Waals surface area (Å²) in [5, 5.41) is 11.5. The third-order valence-electron chi connectivity index (χ3n) is 6.89. The average Bonchev–Trinajstić information content (AvgIpc) is 3.62. The molecule has 198 valence electrons. The van der Waals surface area contributed by atoms with E-state index in [1.807, 2.05) is 30.7 Å². The fourth-order valence-electron chi connectivity index (χ4n) is 5.15. The summed E-state index contributed by atoms with van der Waals surface area (Å²) in [7, 11) is 1.54. The smallest absolute Gasteiger partial charge is 0.295 e. The summed E-state index contributed by atoms with van der Waals surface area (Å²) in [5.41, 5.74) is 2.12. The predicted molar refractivity (Wildman–Crippen MR) is 140 cm³/mol. The molecule has 2 unspecified atom stereocenters. The normalized spacial score (nSPS) is 19.9. The van der Waals surface area contributed by atoms with Crippen LogP contribution in [0.25, 0.3) is 5.76 Å². The van der Waals surface area contributed by atoms with Gasteiger partial charge in [0.1, 0.15) is 17.6 Å². The number of likely N-dealkylation sites (tertiary alicyclic amines) is 1. The van der Waals surface area contributed by atoms with Crippen molar-refractivity contribution < 1.29 is 28.9 Å². The number of hydrogen-bond acceptors (Lipinski definition) is 7. The topological polar surface area (TPSA) is 103 Å². The van der Waals surface area contributed by atoms with E-state index in [0.29, 0.717) is 55.2 Å². The Morgan fingerprint density at radius 3 is 2.74 bits per heavy atom. The van der Waals surface area contributed by atoms with Gasteiger partial charge in [-0.25, -0.2) is 4.98 Å². The van der Waals surface area contributed by atoms with Crippen LogP contribution in [-0.2, 0) is 22.6 Å². The number of carbonyl (C=O) groups is 2. The molecule has 3 heterocycles. The number of benzene rings is 2. The minimum absolute atomic E-state index is 0.0415. The van der Waals surface area contributed by atoms with Crippen molar-refractivity contribution in [2.24, 2.45) is 0 Å². The number of methoxy groups -OCH3 is 1.